The second kappa shape index (κ2) is 9.02. The lowest BCUT2D eigenvalue weighted by molar-refractivity contribution is 0.228. The smallest absolute Gasteiger partial charge is 0.143 e. The molecule has 1 saturated heterocycles. The van der Waals surface area contributed by atoms with Gasteiger partial charge in [0.2, 0.25) is 0 Å². The van der Waals surface area contributed by atoms with E-state index in [2.05, 4.69) is 30.5 Å². The first-order chi connectivity index (χ1) is 13.8. The van der Waals surface area contributed by atoms with E-state index in [-0.39, 0.29) is 0 Å². The highest BCUT2D eigenvalue weighted by Crippen LogP contribution is 2.23. The Morgan fingerprint density at radius 2 is 1.93 bits per heavy atom. The molecule has 1 aliphatic rings. The highest BCUT2D eigenvalue weighted by atomic mass is 15.1. The van der Waals surface area contributed by atoms with Crippen LogP contribution in [0.25, 0.3) is 10.9 Å². The lowest BCUT2D eigenvalue weighted by atomic mass is 9.96. The average molecular weight is 372 g/mol. The minimum atomic E-state index is 0.706. The molecule has 0 bridgehead atoms. The number of nitrogens with zero attached hydrogens (tertiary/aromatic N) is 4. The van der Waals surface area contributed by atoms with Crippen LogP contribution in [-0.2, 0) is 0 Å². The standard InChI is InChI=1S/C21H25BN6/c22-16-6-4-7-17(12-16)27-21-18-14-24-20(13-19(18)25-15-26-21)23-8-5-11-28-9-2-1-3-10-28/h4,6-7,12-15H,1-3,5,8-11H2,(H,23,24)(H,25,26,27). The van der Waals surface area contributed by atoms with Gasteiger partial charge in [0.1, 0.15) is 25.8 Å². The predicted octanol–water partition coefficient (Wildman–Crippen LogP) is 2.85. The lowest BCUT2D eigenvalue weighted by Crippen LogP contribution is -2.31. The number of likely N-dealkylation sites (tertiary alicyclic amines) is 1. The number of fused-ring (bicyclic) bond motifs is 1. The van der Waals surface area contributed by atoms with E-state index >= 15 is 0 Å². The third-order valence-electron chi connectivity index (χ3n) is 5.08. The number of nitrogens with one attached hydrogen (secondary N) is 2. The van der Waals surface area contributed by atoms with Crippen LogP contribution in [0.1, 0.15) is 25.7 Å². The van der Waals surface area contributed by atoms with Gasteiger partial charge in [0.05, 0.1) is 10.9 Å². The van der Waals surface area contributed by atoms with Crippen LogP contribution in [0.15, 0.2) is 42.9 Å². The summed E-state index contributed by atoms with van der Waals surface area (Å²) < 4.78 is 0. The molecule has 28 heavy (non-hydrogen) atoms. The lowest BCUT2D eigenvalue weighted by Gasteiger charge is -2.26. The Labute approximate surface area is 167 Å². The molecular formula is C21H25BN6. The summed E-state index contributed by atoms with van der Waals surface area (Å²) in [6.07, 6.45) is 8.56. The van der Waals surface area contributed by atoms with Crippen molar-refractivity contribution in [3.8, 4) is 0 Å². The topological polar surface area (TPSA) is 66.0 Å². The van der Waals surface area contributed by atoms with Gasteiger partial charge in [-0.1, -0.05) is 24.0 Å². The molecule has 1 fully saturated rings. The van der Waals surface area contributed by atoms with E-state index < -0.39 is 0 Å². The van der Waals surface area contributed by atoms with Crippen LogP contribution in [0.3, 0.4) is 0 Å². The van der Waals surface area contributed by atoms with Gasteiger partial charge in [-0.15, -0.1) is 0 Å². The third kappa shape index (κ3) is 4.78. The molecule has 7 heteroatoms. The number of pyridine rings is 1. The number of rotatable bonds is 7. The minimum Gasteiger partial charge on any atom is -0.370 e. The van der Waals surface area contributed by atoms with Crippen molar-refractivity contribution in [1.82, 2.24) is 19.9 Å². The first-order valence-corrected chi connectivity index (χ1v) is 9.97. The van der Waals surface area contributed by atoms with E-state index in [0.29, 0.717) is 5.46 Å². The van der Waals surface area contributed by atoms with Gasteiger partial charge in [-0.25, -0.2) is 15.0 Å². The van der Waals surface area contributed by atoms with Gasteiger partial charge in [0.15, 0.2) is 0 Å². The van der Waals surface area contributed by atoms with E-state index in [0.717, 1.165) is 47.7 Å². The van der Waals surface area contributed by atoms with Gasteiger partial charge in [0, 0.05) is 24.5 Å². The fraction of sp³-hybridized carbons (Fsp3) is 0.381. The molecule has 4 rings (SSSR count). The second-order valence-corrected chi connectivity index (χ2v) is 7.24. The Bertz CT molecular complexity index is 926. The van der Waals surface area contributed by atoms with Crippen molar-refractivity contribution in [2.45, 2.75) is 25.7 Å². The number of hydrogen-bond donors (Lipinski definition) is 2. The van der Waals surface area contributed by atoms with Crippen molar-refractivity contribution in [3.63, 3.8) is 0 Å². The Balaban J connectivity index is 1.38. The molecule has 0 amide bonds. The van der Waals surface area contributed by atoms with E-state index in [1.807, 2.05) is 36.5 Å². The number of anilines is 3. The minimum absolute atomic E-state index is 0.706. The summed E-state index contributed by atoms with van der Waals surface area (Å²) >= 11 is 0. The molecule has 6 nitrogen and oxygen atoms in total. The quantitative estimate of drug-likeness (QED) is 0.491. The van der Waals surface area contributed by atoms with Crippen LogP contribution in [-0.4, -0.2) is 53.9 Å². The average Bonchev–Trinajstić information content (AvgIpc) is 2.72. The highest BCUT2D eigenvalue weighted by molar-refractivity contribution is 6.32. The monoisotopic (exact) mass is 372 g/mol. The molecule has 142 valence electrons. The fourth-order valence-corrected chi connectivity index (χ4v) is 3.60. The molecule has 3 heterocycles. The Morgan fingerprint density at radius 3 is 2.79 bits per heavy atom. The molecule has 0 spiro atoms. The largest absolute Gasteiger partial charge is 0.370 e. The summed E-state index contributed by atoms with van der Waals surface area (Å²) in [5, 5.41) is 7.60. The van der Waals surface area contributed by atoms with Gasteiger partial charge in [-0.2, -0.15) is 0 Å². The van der Waals surface area contributed by atoms with E-state index in [9.17, 15) is 0 Å². The number of hydrogen-bond acceptors (Lipinski definition) is 6. The Kier molecular flexibility index (Phi) is 6.02. The maximum Gasteiger partial charge on any atom is 0.143 e. The molecule has 3 aromatic rings. The van der Waals surface area contributed by atoms with E-state index in [1.54, 1.807) is 6.33 Å². The maximum absolute atomic E-state index is 5.85. The van der Waals surface area contributed by atoms with E-state index in [1.165, 1.54) is 32.4 Å². The van der Waals surface area contributed by atoms with Gasteiger partial charge in [-0.3, -0.25) is 0 Å². The van der Waals surface area contributed by atoms with Crippen molar-refractivity contribution in [2.75, 3.05) is 36.8 Å². The van der Waals surface area contributed by atoms with Crippen LogP contribution in [0.5, 0.6) is 0 Å². The number of piperidine rings is 1. The summed E-state index contributed by atoms with van der Waals surface area (Å²) in [6, 6.07) is 9.57. The summed E-state index contributed by atoms with van der Waals surface area (Å²) in [5.74, 6) is 1.57. The van der Waals surface area contributed by atoms with Crippen LogP contribution >= 0.6 is 0 Å². The summed E-state index contributed by atoms with van der Waals surface area (Å²) in [5.41, 5.74) is 2.45. The van der Waals surface area contributed by atoms with E-state index in [4.69, 9.17) is 7.85 Å². The number of benzene rings is 1. The normalized spacial score (nSPS) is 14.9. The van der Waals surface area contributed by atoms with Gasteiger partial charge >= 0.3 is 0 Å². The van der Waals surface area contributed by atoms with Crippen molar-refractivity contribution in [2.24, 2.45) is 0 Å². The molecule has 0 atom stereocenters. The van der Waals surface area contributed by atoms with Crippen LogP contribution < -0.4 is 16.1 Å². The molecule has 1 aromatic carbocycles. The third-order valence-corrected chi connectivity index (χ3v) is 5.08. The van der Waals surface area contributed by atoms with Crippen LogP contribution in [0.4, 0.5) is 17.3 Å². The van der Waals surface area contributed by atoms with Crippen molar-refractivity contribution in [3.05, 3.63) is 42.9 Å². The van der Waals surface area contributed by atoms with Gasteiger partial charge in [0.25, 0.3) is 0 Å². The van der Waals surface area contributed by atoms with Crippen LogP contribution in [0, 0.1) is 0 Å². The zero-order chi connectivity index (χ0) is 19.2. The first-order valence-electron chi connectivity index (χ1n) is 9.97. The molecule has 2 radical (unpaired) electrons. The van der Waals surface area contributed by atoms with Crippen molar-refractivity contribution in [1.29, 1.82) is 0 Å². The van der Waals surface area contributed by atoms with Gasteiger partial charge < -0.3 is 15.5 Å². The first kappa shape index (κ1) is 18.7. The summed E-state index contributed by atoms with van der Waals surface area (Å²) in [7, 11) is 5.85. The highest BCUT2D eigenvalue weighted by Gasteiger charge is 2.09. The Hall–Kier alpha value is -2.67. The zero-order valence-corrected chi connectivity index (χ0v) is 16.1. The molecule has 0 unspecified atom stereocenters. The maximum atomic E-state index is 5.85. The number of aromatic nitrogens is 3. The fourth-order valence-electron chi connectivity index (χ4n) is 3.60. The summed E-state index contributed by atoms with van der Waals surface area (Å²) in [4.78, 5) is 15.9. The molecule has 2 N–H and O–H groups in total. The van der Waals surface area contributed by atoms with Crippen molar-refractivity contribution >= 4 is 41.5 Å². The van der Waals surface area contributed by atoms with Crippen molar-refractivity contribution < 1.29 is 0 Å². The second-order valence-electron chi connectivity index (χ2n) is 7.24. The summed E-state index contributed by atoms with van der Waals surface area (Å²) in [6.45, 7) is 4.55. The molecule has 0 saturated carbocycles. The molecule has 0 aliphatic carbocycles. The SMILES string of the molecule is [B]c1cccc(Nc2ncnc3cc(NCCCN4CCCCC4)ncc23)c1. The molecule has 2 aromatic heterocycles. The van der Waals surface area contributed by atoms with Gasteiger partial charge in [-0.05, 0) is 51.0 Å². The van der Waals surface area contributed by atoms with Crippen LogP contribution in [0.2, 0.25) is 0 Å². The zero-order valence-electron chi connectivity index (χ0n) is 16.1. The molecular weight excluding hydrogens is 347 g/mol. The predicted molar refractivity (Wildman–Crippen MR) is 116 cm³/mol. The molecule has 1 aliphatic heterocycles. The Morgan fingerprint density at radius 1 is 1.04 bits per heavy atom.